The van der Waals surface area contributed by atoms with Crippen LogP contribution in [0.1, 0.15) is 117 Å². The molecule has 0 spiro atoms. The van der Waals surface area contributed by atoms with Gasteiger partial charge in [-0.1, -0.05) is 71.6 Å². The molecule has 0 saturated carbocycles. The smallest absolute Gasteiger partial charge is 0.132 e. The van der Waals surface area contributed by atoms with Gasteiger partial charge in [-0.2, -0.15) is 0 Å². The molecule has 0 aromatic heterocycles. The van der Waals surface area contributed by atoms with E-state index in [2.05, 4.69) is 13.8 Å². The third-order valence-corrected chi connectivity index (χ3v) is 4.45. The maximum Gasteiger partial charge on any atom is 0.132 e. The summed E-state index contributed by atoms with van der Waals surface area (Å²) in [4.78, 5) is 11.5. The van der Waals surface area contributed by atoms with Gasteiger partial charge in [0.1, 0.15) is 5.78 Å². The Bertz CT molecular complexity index is 222. The van der Waals surface area contributed by atoms with E-state index in [1.807, 2.05) is 0 Å². The number of ether oxygens (including phenoxy) is 1. The third kappa shape index (κ3) is 19.6. The van der Waals surface area contributed by atoms with Crippen LogP contribution in [0.4, 0.5) is 0 Å². The predicted molar refractivity (Wildman–Crippen MR) is 101 cm³/mol. The van der Waals surface area contributed by atoms with Crippen LogP contribution >= 0.6 is 0 Å². The van der Waals surface area contributed by atoms with E-state index < -0.39 is 0 Å². The number of carbonyl (C=O) groups is 1. The van der Waals surface area contributed by atoms with Gasteiger partial charge in [0.05, 0.1) is 0 Å². The highest BCUT2D eigenvalue weighted by atomic mass is 16.5. The molecule has 0 bridgehead atoms. The highest BCUT2D eigenvalue weighted by molar-refractivity contribution is 5.78. The maximum atomic E-state index is 11.5. The van der Waals surface area contributed by atoms with Crippen LogP contribution in [0.25, 0.3) is 0 Å². The van der Waals surface area contributed by atoms with Gasteiger partial charge in [0.15, 0.2) is 0 Å². The Morgan fingerprint density at radius 2 is 1.09 bits per heavy atom. The highest BCUT2D eigenvalue weighted by Crippen LogP contribution is 2.10. The van der Waals surface area contributed by atoms with Crippen LogP contribution in [-0.2, 0) is 9.53 Å². The number of hydrogen-bond donors (Lipinski definition) is 0. The minimum atomic E-state index is 0.495. The monoisotopic (exact) mass is 326 g/mol. The zero-order valence-electron chi connectivity index (χ0n) is 16.0. The van der Waals surface area contributed by atoms with Gasteiger partial charge in [-0.3, -0.25) is 4.79 Å². The Morgan fingerprint density at radius 3 is 1.48 bits per heavy atom. The fourth-order valence-electron chi connectivity index (χ4n) is 2.84. The summed E-state index contributed by atoms with van der Waals surface area (Å²) in [6.45, 7) is 6.46. The number of ketones is 1. The Morgan fingerprint density at radius 1 is 0.652 bits per heavy atom. The van der Waals surface area contributed by atoms with Crippen LogP contribution in [0.3, 0.4) is 0 Å². The molecule has 1 rings (SSSR count). The molecule has 0 aromatic rings. The van der Waals surface area contributed by atoms with Gasteiger partial charge < -0.3 is 4.74 Å². The largest absolute Gasteiger partial charge is 0.381 e. The molecule has 0 radical (unpaired) electrons. The molecule has 0 amide bonds. The zero-order chi connectivity index (χ0) is 17.0. The summed E-state index contributed by atoms with van der Waals surface area (Å²) in [6.07, 6.45) is 19.6. The molecule has 23 heavy (non-hydrogen) atoms. The number of Topliss-reactive ketones (excluding diaryl/α,β-unsaturated/α-hetero) is 1. The lowest BCUT2D eigenvalue weighted by Gasteiger charge is -2.08. The first-order valence-corrected chi connectivity index (χ1v) is 10.4. The first kappa shape index (κ1) is 22.6. The van der Waals surface area contributed by atoms with Gasteiger partial charge in [-0.05, 0) is 32.1 Å². The SMILES string of the molecule is C1CCOCC1.CCCCCCCCCC(=O)CCCCCC. The van der Waals surface area contributed by atoms with Crippen molar-refractivity contribution in [2.24, 2.45) is 0 Å². The maximum absolute atomic E-state index is 11.5. The summed E-state index contributed by atoms with van der Waals surface area (Å²) in [6, 6.07) is 0. The number of unbranched alkanes of at least 4 members (excludes halogenated alkanes) is 9. The summed E-state index contributed by atoms with van der Waals surface area (Å²) in [5.41, 5.74) is 0. The zero-order valence-corrected chi connectivity index (χ0v) is 16.0. The molecule has 0 aliphatic carbocycles. The summed E-state index contributed by atoms with van der Waals surface area (Å²) >= 11 is 0. The second-order valence-corrected chi connectivity index (χ2v) is 6.89. The van der Waals surface area contributed by atoms with Crippen molar-refractivity contribution in [1.29, 1.82) is 0 Å². The molecule has 0 N–H and O–H groups in total. The van der Waals surface area contributed by atoms with Gasteiger partial charge in [-0.25, -0.2) is 0 Å². The normalized spacial score (nSPS) is 14.2. The Hall–Kier alpha value is -0.370. The molecule has 138 valence electrons. The van der Waals surface area contributed by atoms with Gasteiger partial charge in [-0.15, -0.1) is 0 Å². The quantitative estimate of drug-likeness (QED) is 0.346. The number of hydrogen-bond acceptors (Lipinski definition) is 2. The standard InChI is InChI=1S/C16H32O.C5H10O/c1-3-5-7-9-10-11-13-15-16(17)14-12-8-6-4-2;1-2-4-6-5-3-1/h3-15H2,1-2H3;1-5H2. The molecular formula is C21H42O2. The first-order valence-electron chi connectivity index (χ1n) is 10.4. The van der Waals surface area contributed by atoms with E-state index >= 15 is 0 Å². The van der Waals surface area contributed by atoms with Crippen LogP contribution < -0.4 is 0 Å². The molecule has 0 unspecified atom stereocenters. The molecule has 1 aliphatic rings. The summed E-state index contributed by atoms with van der Waals surface area (Å²) < 4.78 is 5.07. The third-order valence-electron chi connectivity index (χ3n) is 4.45. The first-order chi connectivity index (χ1) is 11.3. The van der Waals surface area contributed by atoms with Crippen molar-refractivity contribution in [3.05, 3.63) is 0 Å². The van der Waals surface area contributed by atoms with Gasteiger partial charge in [0.2, 0.25) is 0 Å². The molecular weight excluding hydrogens is 284 g/mol. The summed E-state index contributed by atoms with van der Waals surface area (Å²) in [5, 5.41) is 0. The lowest BCUT2D eigenvalue weighted by atomic mass is 10.0. The Balaban J connectivity index is 0.000000664. The molecule has 0 atom stereocenters. The molecule has 1 heterocycles. The molecule has 2 heteroatoms. The van der Waals surface area contributed by atoms with Crippen LogP contribution in [-0.4, -0.2) is 19.0 Å². The van der Waals surface area contributed by atoms with Crippen molar-refractivity contribution >= 4 is 5.78 Å². The molecule has 0 aromatic carbocycles. The minimum absolute atomic E-state index is 0.495. The Kier molecular flexibility index (Phi) is 19.4. The number of carbonyl (C=O) groups excluding carboxylic acids is 1. The number of rotatable bonds is 13. The van der Waals surface area contributed by atoms with Crippen LogP contribution in [0.2, 0.25) is 0 Å². The van der Waals surface area contributed by atoms with E-state index in [4.69, 9.17) is 4.74 Å². The molecule has 1 fully saturated rings. The van der Waals surface area contributed by atoms with Crippen molar-refractivity contribution in [2.45, 2.75) is 117 Å². The highest BCUT2D eigenvalue weighted by Gasteiger charge is 2.01. The van der Waals surface area contributed by atoms with Crippen molar-refractivity contribution < 1.29 is 9.53 Å². The lowest BCUT2D eigenvalue weighted by molar-refractivity contribution is -0.119. The van der Waals surface area contributed by atoms with Gasteiger partial charge in [0.25, 0.3) is 0 Å². The van der Waals surface area contributed by atoms with E-state index in [0.717, 1.165) is 38.9 Å². The fourth-order valence-corrected chi connectivity index (χ4v) is 2.84. The topological polar surface area (TPSA) is 26.3 Å². The van der Waals surface area contributed by atoms with E-state index in [1.165, 1.54) is 77.0 Å². The average Bonchev–Trinajstić information content (AvgIpc) is 2.60. The summed E-state index contributed by atoms with van der Waals surface area (Å²) in [7, 11) is 0. The molecule has 1 saturated heterocycles. The molecule has 1 aliphatic heterocycles. The van der Waals surface area contributed by atoms with Crippen molar-refractivity contribution in [1.82, 2.24) is 0 Å². The average molecular weight is 327 g/mol. The second kappa shape index (κ2) is 19.7. The lowest BCUT2D eigenvalue weighted by Crippen LogP contribution is -2.03. The van der Waals surface area contributed by atoms with E-state index in [-0.39, 0.29) is 0 Å². The van der Waals surface area contributed by atoms with Gasteiger partial charge in [0, 0.05) is 26.1 Å². The van der Waals surface area contributed by atoms with E-state index in [1.54, 1.807) is 0 Å². The van der Waals surface area contributed by atoms with Crippen LogP contribution in [0.5, 0.6) is 0 Å². The van der Waals surface area contributed by atoms with Crippen molar-refractivity contribution in [2.75, 3.05) is 13.2 Å². The predicted octanol–water partition coefficient (Wildman–Crippen LogP) is 6.85. The van der Waals surface area contributed by atoms with E-state index in [0.29, 0.717) is 5.78 Å². The van der Waals surface area contributed by atoms with Crippen LogP contribution in [0.15, 0.2) is 0 Å². The van der Waals surface area contributed by atoms with Crippen molar-refractivity contribution in [3.63, 3.8) is 0 Å². The second-order valence-electron chi connectivity index (χ2n) is 6.89. The fraction of sp³-hybridized carbons (Fsp3) is 0.952. The van der Waals surface area contributed by atoms with Gasteiger partial charge >= 0.3 is 0 Å². The van der Waals surface area contributed by atoms with E-state index in [9.17, 15) is 4.79 Å². The van der Waals surface area contributed by atoms with Crippen molar-refractivity contribution in [3.8, 4) is 0 Å². The van der Waals surface area contributed by atoms with Crippen LogP contribution in [0, 0.1) is 0 Å². The Labute approximate surface area is 145 Å². The summed E-state index contributed by atoms with van der Waals surface area (Å²) in [5.74, 6) is 0.495. The molecule has 2 nitrogen and oxygen atoms in total. The minimum Gasteiger partial charge on any atom is -0.381 e.